The summed E-state index contributed by atoms with van der Waals surface area (Å²) in [6.07, 6.45) is 0. The number of ether oxygens (including phenoxy) is 3. The van der Waals surface area contributed by atoms with Crippen molar-refractivity contribution >= 4 is 39.1 Å². The van der Waals surface area contributed by atoms with Crippen molar-refractivity contribution in [3.63, 3.8) is 0 Å². The fraction of sp³-hybridized carbons (Fsp3) is 0.167. The molecule has 0 aliphatic rings. The first-order chi connectivity index (χ1) is 14.0. The maximum Gasteiger partial charge on any atom is 0.248 e. The van der Waals surface area contributed by atoms with Crippen LogP contribution in [0.4, 0.5) is 22.0 Å². The highest BCUT2D eigenvalue weighted by Gasteiger charge is 2.17. The summed E-state index contributed by atoms with van der Waals surface area (Å²) in [6, 6.07) is 7.84. The zero-order chi connectivity index (χ0) is 20.5. The van der Waals surface area contributed by atoms with Gasteiger partial charge in [0.25, 0.3) is 0 Å². The number of fused-ring (bicyclic) bond motifs is 1. The molecule has 2 aromatic carbocycles. The summed E-state index contributed by atoms with van der Waals surface area (Å²) in [5, 5.41) is 7.89. The lowest BCUT2D eigenvalue weighted by molar-refractivity contribution is 0.324. The summed E-state index contributed by atoms with van der Waals surface area (Å²) >= 11 is 1.33. The summed E-state index contributed by atoms with van der Waals surface area (Å²) in [5.74, 6) is 1.47. The fourth-order valence-electron chi connectivity index (χ4n) is 2.78. The summed E-state index contributed by atoms with van der Waals surface area (Å²) in [4.78, 5) is 8.60. The number of nitrogens with zero attached hydrogens (tertiary/aromatic N) is 4. The first kappa shape index (κ1) is 18.7. The summed E-state index contributed by atoms with van der Waals surface area (Å²) in [6.45, 7) is 0. The van der Waals surface area contributed by atoms with Gasteiger partial charge in [-0.2, -0.15) is 9.67 Å². The number of nitrogen functional groups attached to an aromatic ring is 1. The molecular weight excluding hydrogens is 399 g/mol. The van der Waals surface area contributed by atoms with Gasteiger partial charge >= 0.3 is 0 Å². The van der Waals surface area contributed by atoms with Crippen LogP contribution in [0.25, 0.3) is 15.3 Å². The minimum Gasteiger partial charge on any atom is -0.493 e. The van der Waals surface area contributed by atoms with E-state index in [1.165, 1.54) is 49.5 Å². The molecule has 0 fully saturated rings. The minimum atomic E-state index is -0.356. The average molecular weight is 416 g/mol. The molecule has 4 rings (SSSR count). The Morgan fingerprint density at radius 2 is 1.76 bits per heavy atom. The largest absolute Gasteiger partial charge is 0.493 e. The molecule has 0 radical (unpaired) electrons. The number of hydrogen-bond acceptors (Lipinski definition) is 9. The van der Waals surface area contributed by atoms with Crippen LogP contribution < -0.4 is 25.3 Å². The quantitative estimate of drug-likeness (QED) is 0.492. The molecule has 0 unspecified atom stereocenters. The first-order valence-electron chi connectivity index (χ1n) is 8.38. The number of halogens is 1. The molecule has 0 spiro atoms. The summed E-state index contributed by atoms with van der Waals surface area (Å²) in [5.41, 5.74) is 7.15. The van der Waals surface area contributed by atoms with Gasteiger partial charge in [0.1, 0.15) is 5.82 Å². The molecule has 0 aliphatic heterocycles. The maximum absolute atomic E-state index is 13.4. The van der Waals surface area contributed by atoms with Crippen molar-refractivity contribution in [1.82, 2.24) is 19.7 Å². The maximum atomic E-state index is 13.4. The van der Waals surface area contributed by atoms with E-state index >= 15 is 0 Å². The van der Waals surface area contributed by atoms with E-state index in [2.05, 4.69) is 20.4 Å². The molecule has 29 heavy (non-hydrogen) atoms. The third-order valence-corrected chi connectivity index (χ3v) is 5.08. The zero-order valence-electron chi connectivity index (χ0n) is 15.8. The van der Waals surface area contributed by atoms with E-state index in [1.54, 1.807) is 18.2 Å². The van der Waals surface area contributed by atoms with E-state index in [0.717, 1.165) is 4.70 Å². The van der Waals surface area contributed by atoms with Crippen LogP contribution in [-0.2, 0) is 0 Å². The molecule has 0 atom stereocenters. The van der Waals surface area contributed by atoms with E-state index in [4.69, 9.17) is 19.9 Å². The lowest BCUT2D eigenvalue weighted by Gasteiger charge is -2.14. The van der Waals surface area contributed by atoms with Gasteiger partial charge in [0.15, 0.2) is 11.5 Å². The predicted octanol–water partition coefficient (Wildman–Crippen LogP) is 3.37. The molecule has 9 nitrogen and oxygen atoms in total. The fourth-order valence-corrected chi connectivity index (χ4v) is 3.69. The van der Waals surface area contributed by atoms with E-state index in [1.807, 2.05) is 0 Å². The van der Waals surface area contributed by atoms with Crippen molar-refractivity contribution < 1.29 is 18.6 Å². The van der Waals surface area contributed by atoms with Crippen LogP contribution in [0.3, 0.4) is 0 Å². The molecule has 3 N–H and O–H groups in total. The van der Waals surface area contributed by atoms with Crippen molar-refractivity contribution in [3.8, 4) is 22.4 Å². The van der Waals surface area contributed by atoms with Crippen molar-refractivity contribution in [2.24, 2.45) is 0 Å². The summed E-state index contributed by atoms with van der Waals surface area (Å²) < 4.78 is 31.6. The minimum absolute atomic E-state index is 0.138. The van der Waals surface area contributed by atoms with Gasteiger partial charge in [0.2, 0.25) is 22.8 Å². The molecular formula is C18H17FN6O3S. The van der Waals surface area contributed by atoms with Crippen LogP contribution in [0.5, 0.6) is 17.2 Å². The number of methoxy groups -OCH3 is 3. The monoisotopic (exact) mass is 416 g/mol. The highest BCUT2D eigenvalue weighted by molar-refractivity contribution is 7.20. The van der Waals surface area contributed by atoms with Crippen molar-refractivity contribution in [2.75, 3.05) is 32.4 Å². The molecule has 11 heteroatoms. The topological polar surface area (TPSA) is 109 Å². The normalized spacial score (nSPS) is 10.9. The lowest BCUT2D eigenvalue weighted by Crippen LogP contribution is -2.02. The average Bonchev–Trinajstić information content (AvgIpc) is 3.29. The smallest absolute Gasteiger partial charge is 0.248 e. The van der Waals surface area contributed by atoms with E-state index in [9.17, 15) is 4.39 Å². The second kappa shape index (κ2) is 7.43. The van der Waals surface area contributed by atoms with Crippen LogP contribution in [0.2, 0.25) is 0 Å². The molecule has 0 amide bonds. The van der Waals surface area contributed by atoms with E-state index in [0.29, 0.717) is 33.6 Å². The molecule has 0 saturated carbocycles. The Bertz CT molecular complexity index is 1170. The van der Waals surface area contributed by atoms with E-state index < -0.39 is 0 Å². The number of aromatic nitrogens is 4. The third kappa shape index (κ3) is 3.47. The predicted molar refractivity (Wildman–Crippen MR) is 108 cm³/mol. The molecule has 150 valence electrons. The van der Waals surface area contributed by atoms with Crippen molar-refractivity contribution in [1.29, 1.82) is 0 Å². The van der Waals surface area contributed by atoms with Gasteiger partial charge in [-0.3, -0.25) is 0 Å². The molecule has 0 saturated heterocycles. The number of rotatable bonds is 6. The Labute approximate surface area is 168 Å². The molecule has 0 aliphatic carbocycles. The van der Waals surface area contributed by atoms with Crippen LogP contribution in [-0.4, -0.2) is 41.1 Å². The van der Waals surface area contributed by atoms with Gasteiger partial charge < -0.3 is 25.3 Å². The van der Waals surface area contributed by atoms with Gasteiger partial charge in [-0.15, -0.1) is 5.10 Å². The summed E-state index contributed by atoms with van der Waals surface area (Å²) in [7, 11) is 4.59. The Balaban J connectivity index is 1.67. The van der Waals surface area contributed by atoms with Crippen LogP contribution in [0.1, 0.15) is 0 Å². The van der Waals surface area contributed by atoms with Gasteiger partial charge in [-0.25, -0.2) is 9.37 Å². The highest BCUT2D eigenvalue weighted by atomic mass is 32.1. The van der Waals surface area contributed by atoms with Crippen LogP contribution in [0, 0.1) is 5.82 Å². The van der Waals surface area contributed by atoms with Gasteiger partial charge in [-0.1, -0.05) is 11.3 Å². The number of nitrogens with two attached hydrogens (primary N) is 1. The molecule has 4 aromatic rings. The Morgan fingerprint density at radius 3 is 2.41 bits per heavy atom. The Hall–Kier alpha value is -3.60. The molecule has 2 aromatic heterocycles. The third-order valence-electron chi connectivity index (χ3n) is 4.07. The Morgan fingerprint density at radius 1 is 1.03 bits per heavy atom. The number of benzene rings is 2. The standard InChI is InChI=1S/C18H17FN6O3S/c1-26-12-7-10(8-13(27-2)15(12)28-3)21-17-23-16(20)25(24-17)18-22-11-6-9(19)4-5-14(11)29-18/h4-8H,1-3H3,(H3,20,21,23,24). The molecule has 2 heterocycles. The lowest BCUT2D eigenvalue weighted by atomic mass is 10.2. The number of thiazole rings is 1. The van der Waals surface area contributed by atoms with Gasteiger partial charge in [-0.05, 0) is 12.1 Å². The first-order valence-corrected chi connectivity index (χ1v) is 9.20. The Kier molecular flexibility index (Phi) is 4.80. The molecule has 0 bridgehead atoms. The number of hydrogen-bond donors (Lipinski definition) is 2. The van der Waals surface area contributed by atoms with Gasteiger partial charge in [0, 0.05) is 23.9 Å². The number of nitrogens with one attached hydrogen (secondary N) is 1. The second-order valence-electron chi connectivity index (χ2n) is 5.85. The SMILES string of the molecule is COc1cc(Nc2nc(N)n(-c3nc4cc(F)ccc4s3)n2)cc(OC)c1OC. The van der Waals surface area contributed by atoms with Crippen LogP contribution in [0.15, 0.2) is 30.3 Å². The van der Waals surface area contributed by atoms with E-state index in [-0.39, 0.29) is 17.7 Å². The highest BCUT2D eigenvalue weighted by Crippen LogP contribution is 2.40. The second-order valence-corrected chi connectivity index (χ2v) is 6.86. The zero-order valence-corrected chi connectivity index (χ0v) is 16.6. The van der Waals surface area contributed by atoms with Crippen molar-refractivity contribution in [3.05, 3.63) is 36.1 Å². The number of anilines is 3. The van der Waals surface area contributed by atoms with Crippen LogP contribution >= 0.6 is 11.3 Å². The van der Waals surface area contributed by atoms with Gasteiger partial charge in [0.05, 0.1) is 31.5 Å². The van der Waals surface area contributed by atoms with Crippen molar-refractivity contribution in [2.45, 2.75) is 0 Å².